The number of halogens is 1. The Kier molecular flexibility index (Phi) is 7.38. The number of pyridine rings is 1. The summed E-state index contributed by atoms with van der Waals surface area (Å²) in [6.07, 6.45) is 0.119. The van der Waals surface area contributed by atoms with Crippen LogP contribution in [0.25, 0.3) is 11.1 Å². The summed E-state index contributed by atoms with van der Waals surface area (Å²) in [5, 5.41) is 4.84. The van der Waals surface area contributed by atoms with Crippen molar-refractivity contribution in [1.29, 1.82) is 0 Å². The van der Waals surface area contributed by atoms with E-state index in [1.54, 1.807) is 37.2 Å². The Morgan fingerprint density at radius 2 is 2.16 bits per heavy atom. The summed E-state index contributed by atoms with van der Waals surface area (Å²) in [5.74, 6) is 11.2. The van der Waals surface area contributed by atoms with E-state index >= 15 is 0 Å². The van der Waals surface area contributed by atoms with Crippen LogP contribution in [0.2, 0.25) is 0 Å². The molecule has 0 spiro atoms. The van der Waals surface area contributed by atoms with Gasteiger partial charge in [0.1, 0.15) is 17.7 Å². The van der Waals surface area contributed by atoms with Gasteiger partial charge in [-0.3, -0.25) is 14.8 Å². The first-order valence-electron chi connectivity index (χ1n) is 9.26. The largest absolute Gasteiger partial charge is 0.441 e. The average Bonchev–Trinajstić information content (AvgIpc) is 3.13. The number of cyclic esters (lactones) is 1. The van der Waals surface area contributed by atoms with Gasteiger partial charge in [-0.2, -0.15) is 0 Å². The maximum absolute atomic E-state index is 14.9. The van der Waals surface area contributed by atoms with E-state index in [1.165, 1.54) is 28.2 Å². The average molecular weight is 467 g/mol. The molecule has 6 N–H and O–H groups in total. The molecular weight excluding hydrogens is 444 g/mol. The standard InChI is InChI=1S/C18H23FN7O5P/c1-24(17(23-20)25(2)21)16-6-3-11(8-22-16)14-5-4-12(7-15(14)19)26-9-13(31-18(26)27)10-30-32(28)29/h3-8,13,28-29H,9-10,20-21H2,1-2H3/b23-17-/t13-/m1/s1. The predicted molar refractivity (Wildman–Crippen MR) is 117 cm³/mol. The van der Waals surface area contributed by atoms with Crippen LogP contribution < -0.4 is 21.5 Å². The van der Waals surface area contributed by atoms with Gasteiger partial charge in [0, 0.05) is 31.4 Å². The second-order valence-electron chi connectivity index (χ2n) is 6.83. The molecule has 1 saturated heterocycles. The maximum atomic E-state index is 14.9. The smallest absolute Gasteiger partial charge is 0.414 e. The molecule has 0 bridgehead atoms. The van der Waals surface area contributed by atoms with Gasteiger partial charge in [-0.15, -0.1) is 5.10 Å². The topological polar surface area (TPSA) is 163 Å². The summed E-state index contributed by atoms with van der Waals surface area (Å²) in [4.78, 5) is 36.8. The number of amides is 1. The first kappa shape index (κ1) is 23.6. The number of anilines is 2. The lowest BCUT2D eigenvalue weighted by Gasteiger charge is -2.24. The van der Waals surface area contributed by atoms with Gasteiger partial charge >= 0.3 is 14.7 Å². The van der Waals surface area contributed by atoms with Crippen molar-refractivity contribution < 1.29 is 28.2 Å². The Morgan fingerprint density at radius 1 is 1.41 bits per heavy atom. The van der Waals surface area contributed by atoms with Gasteiger partial charge in [-0.25, -0.2) is 20.0 Å². The van der Waals surface area contributed by atoms with Gasteiger partial charge < -0.3 is 24.9 Å². The first-order chi connectivity index (χ1) is 15.2. The molecule has 1 aliphatic heterocycles. The Labute approximate surface area is 184 Å². The molecule has 1 aromatic carbocycles. The number of aromatic nitrogens is 1. The zero-order valence-electron chi connectivity index (χ0n) is 17.3. The van der Waals surface area contributed by atoms with Gasteiger partial charge in [0.05, 0.1) is 18.8 Å². The van der Waals surface area contributed by atoms with Crippen LogP contribution in [0, 0.1) is 5.82 Å². The molecule has 0 radical (unpaired) electrons. The molecule has 0 saturated carbocycles. The van der Waals surface area contributed by atoms with E-state index in [1.807, 2.05) is 0 Å². The summed E-state index contributed by atoms with van der Waals surface area (Å²) in [6, 6.07) is 7.67. The molecule has 2 heterocycles. The Bertz CT molecular complexity index is 992. The maximum Gasteiger partial charge on any atom is 0.414 e. The van der Waals surface area contributed by atoms with Gasteiger partial charge in [-0.05, 0) is 30.3 Å². The zero-order chi connectivity index (χ0) is 23.4. The quantitative estimate of drug-likeness (QED) is 0.158. The molecule has 1 fully saturated rings. The summed E-state index contributed by atoms with van der Waals surface area (Å²) in [6.45, 7) is -0.0888. The van der Waals surface area contributed by atoms with E-state index < -0.39 is 26.6 Å². The number of hydrazone groups is 1. The third kappa shape index (κ3) is 5.21. The number of nitrogens with two attached hydrogens (primary N) is 2. The lowest BCUT2D eigenvalue weighted by atomic mass is 10.1. The van der Waals surface area contributed by atoms with Crippen molar-refractivity contribution in [3.8, 4) is 11.1 Å². The number of hydrogen-bond acceptors (Lipinski definition) is 9. The molecule has 0 unspecified atom stereocenters. The molecule has 3 rings (SSSR count). The van der Waals surface area contributed by atoms with Gasteiger partial charge in [0.15, 0.2) is 0 Å². The molecule has 12 nitrogen and oxygen atoms in total. The molecule has 1 aromatic heterocycles. The van der Waals surface area contributed by atoms with E-state index in [2.05, 4.69) is 14.6 Å². The van der Waals surface area contributed by atoms with E-state index in [0.29, 0.717) is 17.1 Å². The molecule has 1 amide bonds. The van der Waals surface area contributed by atoms with Crippen LogP contribution >= 0.6 is 8.60 Å². The van der Waals surface area contributed by atoms with E-state index in [-0.39, 0.29) is 24.7 Å². The minimum atomic E-state index is -2.55. The van der Waals surface area contributed by atoms with Gasteiger partial charge in [0.25, 0.3) is 0 Å². The number of nitrogens with zero attached hydrogens (tertiary/aromatic N) is 5. The van der Waals surface area contributed by atoms with Crippen LogP contribution in [-0.4, -0.2) is 65.2 Å². The summed E-state index contributed by atoms with van der Waals surface area (Å²) < 4.78 is 24.6. The fourth-order valence-electron chi connectivity index (χ4n) is 3.14. The fraction of sp³-hybridized carbons (Fsp3) is 0.278. The highest BCUT2D eigenvalue weighted by Gasteiger charge is 2.33. The van der Waals surface area contributed by atoms with Gasteiger partial charge in [0.2, 0.25) is 5.96 Å². The zero-order valence-corrected chi connectivity index (χ0v) is 18.2. The number of ether oxygens (including phenoxy) is 1. The van der Waals surface area contributed by atoms with Crippen LogP contribution in [0.4, 0.5) is 20.7 Å². The molecule has 32 heavy (non-hydrogen) atoms. The van der Waals surface area contributed by atoms with Crippen molar-refractivity contribution in [2.45, 2.75) is 6.10 Å². The van der Waals surface area contributed by atoms with Crippen molar-refractivity contribution in [1.82, 2.24) is 9.99 Å². The van der Waals surface area contributed by atoms with Gasteiger partial charge in [-0.1, -0.05) is 0 Å². The van der Waals surface area contributed by atoms with Crippen molar-refractivity contribution >= 4 is 32.2 Å². The van der Waals surface area contributed by atoms with Crippen molar-refractivity contribution in [2.75, 3.05) is 37.0 Å². The molecule has 1 atom stereocenters. The van der Waals surface area contributed by atoms with Crippen molar-refractivity contribution in [3.05, 3.63) is 42.3 Å². The number of carbonyl (C=O) groups is 1. The third-order valence-electron chi connectivity index (χ3n) is 4.65. The number of hydrazine groups is 1. The highest BCUT2D eigenvalue weighted by molar-refractivity contribution is 7.39. The summed E-state index contributed by atoms with van der Waals surface area (Å²) >= 11 is 0. The second kappa shape index (κ2) is 10.0. The molecule has 2 aromatic rings. The monoisotopic (exact) mass is 467 g/mol. The Morgan fingerprint density at radius 3 is 2.72 bits per heavy atom. The highest BCUT2D eigenvalue weighted by Crippen LogP contribution is 2.31. The van der Waals surface area contributed by atoms with E-state index in [4.69, 9.17) is 26.2 Å². The van der Waals surface area contributed by atoms with Crippen LogP contribution in [0.3, 0.4) is 0 Å². The van der Waals surface area contributed by atoms with Crippen LogP contribution in [0.5, 0.6) is 0 Å². The van der Waals surface area contributed by atoms with Crippen molar-refractivity contribution in [3.63, 3.8) is 0 Å². The Balaban J connectivity index is 1.75. The minimum Gasteiger partial charge on any atom is -0.441 e. The fourth-order valence-corrected chi connectivity index (χ4v) is 3.44. The lowest BCUT2D eigenvalue weighted by molar-refractivity contribution is 0.0987. The van der Waals surface area contributed by atoms with E-state index in [0.717, 1.165) is 0 Å². The molecule has 1 aliphatic rings. The molecular formula is C18H23FN7O5P. The number of benzene rings is 1. The number of carbonyl (C=O) groups excluding carboxylic acids is 1. The molecule has 14 heteroatoms. The molecule has 172 valence electrons. The van der Waals surface area contributed by atoms with Crippen LogP contribution in [0.15, 0.2) is 41.6 Å². The third-order valence-corrected chi connectivity index (χ3v) is 5.03. The summed E-state index contributed by atoms with van der Waals surface area (Å²) in [7, 11) is 0.712. The van der Waals surface area contributed by atoms with E-state index in [9.17, 15) is 9.18 Å². The first-order valence-corrected chi connectivity index (χ1v) is 10.4. The normalized spacial score (nSPS) is 16.5. The number of hydrogen-bond donors (Lipinski definition) is 4. The number of rotatable bonds is 6. The predicted octanol–water partition coefficient (Wildman–Crippen LogP) is 0.912. The second-order valence-corrected chi connectivity index (χ2v) is 7.60. The highest BCUT2D eigenvalue weighted by atomic mass is 31.2. The molecule has 0 aliphatic carbocycles. The van der Waals surface area contributed by atoms with Crippen molar-refractivity contribution in [2.24, 2.45) is 16.8 Å². The number of guanidine groups is 1. The summed E-state index contributed by atoms with van der Waals surface area (Å²) in [5.41, 5.74) is 1.11. The van der Waals surface area contributed by atoms with Crippen LogP contribution in [0.1, 0.15) is 0 Å². The minimum absolute atomic E-state index is 0.0873. The van der Waals surface area contributed by atoms with Crippen LogP contribution in [-0.2, 0) is 9.26 Å². The Hall–Kier alpha value is -3.09. The SMILES string of the molecule is CN(N)/C(=N\N)N(C)c1ccc(-c2ccc(N3C[C@H](COP(O)O)OC3=O)cc2F)cn1. The lowest BCUT2D eigenvalue weighted by Crippen LogP contribution is -2.45.